The van der Waals surface area contributed by atoms with E-state index in [1.165, 1.54) is 7.11 Å². The third kappa shape index (κ3) is 2.68. The van der Waals surface area contributed by atoms with Gasteiger partial charge >= 0.3 is 5.97 Å². The highest BCUT2D eigenvalue weighted by atomic mass is 16.5. The molecule has 0 radical (unpaired) electrons. The molecule has 0 bridgehead atoms. The van der Waals surface area contributed by atoms with Gasteiger partial charge in [0, 0.05) is 13.1 Å². The highest BCUT2D eigenvalue weighted by molar-refractivity contribution is 6.05. The van der Waals surface area contributed by atoms with Crippen LogP contribution < -0.4 is 5.32 Å². The zero-order valence-corrected chi connectivity index (χ0v) is 9.50. The SMILES string of the molecule is COC(=O)C1(C(=O)NCCN(C)C)CC1. The number of rotatable bonds is 5. The maximum atomic E-state index is 11.7. The summed E-state index contributed by atoms with van der Waals surface area (Å²) in [4.78, 5) is 25.0. The summed E-state index contributed by atoms with van der Waals surface area (Å²) in [6.07, 6.45) is 1.21. The molecular formula is C10H18N2O3. The minimum Gasteiger partial charge on any atom is -0.468 e. The minimum atomic E-state index is -0.874. The molecule has 0 aromatic carbocycles. The van der Waals surface area contributed by atoms with E-state index in [4.69, 9.17) is 0 Å². The van der Waals surface area contributed by atoms with E-state index in [1.54, 1.807) is 0 Å². The smallest absolute Gasteiger partial charge is 0.321 e. The highest BCUT2D eigenvalue weighted by Crippen LogP contribution is 2.46. The third-order valence-corrected chi connectivity index (χ3v) is 2.61. The average molecular weight is 214 g/mol. The van der Waals surface area contributed by atoms with Crippen LogP contribution in [0.4, 0.5) is 0 Å². The van der Waals surface area contributed by atoms with Crippen molar-refractivity contribution in [2.45, 2.75) is 12.8 Å². The third-order valence-electron chi connectivity index (χ3n) is 2.61. The van der Waals surface area contributed by atoms with Crippen LogP contribution in [0.5, 0.6) is 0 Å². The summed E-state index contributed by atoms with van der Waals surface area (Å²) in [5, 5.41) is 2.75. The molecule has 1 aliphatic carbocycles. The molecule has 0 heterocycles. The van der Waals surface area contributed by atoms with Crippen molar-refractivity contribution in [1.29, 1.82) is 0 Å². The summed E-state index contributed by atoms with van der Waals surface area (Å²) >= 11 is 0. The van der Waals surface area contributed by atoms with E-state index < -0.39 is 11.4 Å². The first-order valence-electron chi connectivity index (χ1n) is 5.04. The Morgan fingerprint density at radius 3 is 2.40 bits per heavy atom. The number of amides is 1. The molecule has 0 spiro atoms. The highest BCUT2D eigenvalue weighted by Gasteiger charge is 2.57. The van der Waals surface area contributed by atoms with Gasteiger partial charge in [-0.15, -0.1) is 0 Å². The van der Waals surface area contributed by atoms with E-state index >= 15 is 0 Å². The molecule has 0 aromatic rings. The number of ether oxygens (including phenoxy) is 1. The number of likely N-dealkylation sites (N-methyl/N-ethyl adjacent to an activating group) is 1. The fourth-order valence-corrected chi connectivity index (χ4v) is 1.41. The Labute approximate surface area is 89.8 Å². The molecule has 1 aliphatic rings. The summed E-state index contributed by atoms with van der Waals surface area (Å²) in [5.41, 5.74) is -0.874. The van der Waals surface area contributed by atoms with Gasteiger partial charge in [-0.1, -0.05) is 0 Å². The molecular weight excluding hydrogens is 196 g/mol. The van der Waals surface area contributed by atoms with Gasteiger partial charge in [0.2, 0.25) is 5.91 Å². The predicted octanol–water partition coefficient (Wildman–Crippen LogP) is -0.383. The molecule has 5 heteroatoms. The summed E-state index contributed by atoms with van der Waals surface area (Å²) < 4.78 is 4.62. The zero-order chi connectivity index (χ0) is 11.5. The Kier molecular flexibility index (Phi) is 3.68. The van der Waals surface area contributed by atoms with Crippen LogP contribution in [0.25, 0.3) is 0 Å². The van der Waals surface area contributed by atoms with Crippen LogP contribution in [-0.4, -0.2) is 51.1 Å². The number of esters is 1. The van der Waals surface area contributed by atoms with Crippen molar-refractivity contribution in [3.63, 3.8) is 0 Å². The van der Waals surface area contributed by atoms with E-state index in [0.29, 0.717) is 19.4 Å². The van der Waals surface area contributed by atoms with Gasteiger partial charge in [0.15, 0.2) is 0 Å². The zero-order valence-electron chi connectivity index (χ0n) is 9.50. The van der Waals surface area contributed by atoms with Crippen molar-refractivity contribution in [3.8, 4) is 0 Å². The fourth-order valence-electron chi connectivity index (χ4n) is 1.41. The summed E-state index contributed by atoms with van der Waals surface area (Å²) in [5.74, 6) is -0.610. The number of nitrogens with zero attached hydrogens (tertiary/aromatic N) is 1. The summed E-state index contributed by atoms with van der Waals surface area (Å²) in [6, 6.07) is 0. The Morgan fingerprint density at radius 2 is 2.00 bits per heavy atom. The van der Waals surface area contributed by atoms with Crippen molar-refractivity contribution >= 4 is 11.9 Å². The van der Waals surface area contributed by atoms with Crippen LogP contribution in [0.15, 0.2) is 0 Å². The maximum Gasteiger partial charge on any atom is 0.321 e. The molecule has 86 valence electrons. The second kappa shape index (κ2) is 4.61. The lowest BCUT2D eigenvalue weighted by Crippen LogP contribution is -2.40. The fraction of sp³-hybridized carbons (Fsp3) is 0.800. The van der Waals surface area contributed by atoms with Gasteiger partial charge in [-0.05, 0) is 26.9 Å². The number of carbonyl (C=O) groups excluding carboxylic acids is 2. The lowest BCUT2D eigenvalue weighted by molar-refractivity contribution is -0.152. The van der Waals surface area contributed by atoms with Crippen molar-refractivity contribution < 1.29 is 14.3 Å². The van der Waals surface area contributed by atoms with Crippen LogP contribution in [0.3, 0.4) is 0 Å². The Morgan fingerprint density at radius 1 is 1.40 bits per heavy atom. The first-order chi connectivity index (χ1) is 7.03. The van der Waals surface area contributed by atoms with Crippen molar-refractivity contribution in [2.24, 2.45) is 5.41 Å². The number of nitrogens with one attached hydrogen (secondary N) is 1. The standard InChI is InChI=1S/C10H18N2O3/c1-12(2)7-6-11-8(13)10(4-5-10)9(14)15-3/h4-7H2,1-3H3,(H,11,13). The molecule has 0 aliphatic heterocycles. The van der Waals surface area contributed by atoms with Gasteiger partial charge in [0.05, 0.1) is 7.11 Å². The second-order valence-electron chi connectivity index (χ2n) is 4.13. The molecule has 15 heavy (non-hydrogen) atoms. The van der Waals surface area contributed by atoms with Crippen LogP contribution in [0, 0.1) is 5.41 Å². The van der Waals surface area contributed by atoms with Gasteiger partial charge in [-0.3, -0.25) is 9.59 Å². The number of hydrogen-bond acceptors (Lipinski definition) is 4. The molecule has 1 rings (SSSR count). The number of hydrogen-bond donors (Lipinski definition) is 1. The van der Waals surface area contributed by atoms with Gasteiger partial charge < -0.3 is 15.0 Å². The molecule has 1 N–H and O–H groups in total. The molecule has 0 aromatic heterocycles. The second-order valence-corrected chi connectivity index (χ2v) is 4.13. The minimum absolute atomic E-state index is 0.198. The van der Waals surface area contributed by atoms with Gasteiger partial charge in [0.25, 0.3) is 0 Å². The Hall–Kier alpha value is -1.10. The Balaban J connectivity index is 2.37. The van der Waals surface area contributed by atoms with Crippen LogP contribution in [0.2, 0.25) is 0 Å². The van der Waals surface area contributed by atoms with E-state index in [0.717, 1.165) is 6.54 Å². The van der Waals surface area contributed by atoms with Crippen molar-refractivity contribution in [1.82, 2.24) is 10.2 Å². The molecule has 0 atom stereocenters. The van der Waals surface area contributed by atoms with Crippen LogP contribution in [-0.2, 0) is 14.3 Å². The largest absolute Gasteiger partial charge is 0.468 e. The van der Waals surface area contributed by atoms with Crippen molar-refractivity contribution in [3.05, 3.63) is 0 Å². The van der Waals surface area contributed by atoms with Crippen LogP contribution >= 0.6 is 0 Å². The Bertz CT molecular complexity index is 259. The van der Waals surface area contributed by atoms with E-state index in [1.807, 2.05) is 19.0 Å². The lowest BCUT2D eigenvalue weighted by Gasteiger charge is -2.14. The molecule has 0 saturated heterocycles. The lowest BCUT2D eigenvalue weighted by atomic mass is 10.1. The monoisotopic (exact) mass is 214 g/mol. The molecule has 5 nitrogen and oxygen atoms in total. The molecule has 1 saturated carbocycles. The average Bonchev–Trinajstić information content (AvgIpc) is 2.96. The topological polar surface area (TPSA) is 58.6 Å². The normalized spacial score (nSPS) is 17.3. The van der Waals surface area contributed by atoms with Gasteiger partial charge in [-0.2, -0.15) is 0 Å². The van der Waals surface area contributed by atoms with E-state index in [9.17, 15) is 9.59 Å². The van der Waals surface area contributed by atoms with E-state index in [-0.39, 0.29) is 5.91 Å². The quantitative estimate of drug-likeness (QED) is 0.500. The number of methoxy groups -OCH3 is 1. The number of carbonyl (C=O) groups is 2. The van der Waals surface area contributed by atoms with Gasteiger partial charge in [-0.25, -0.2) is 0 Å². The maximum absolute atomic E-state index is 11.7. The molecule has 1 amide bonds. The summed E-state index contributed by atoms with van der Waals surface area (Å²) in [7, 11) is 5.17. The molecule has 1 fully saturated rings. The van der Waals surface area contributed by atoms with Crippen LogP contribution in [0.1, 0.15) is 12.8 Å². The van der Waals surface area contributed by atoms with Crippen molar-refractivity contribution in [2.75, 3.05) is 34.3 Å². The molecule has 0 unspecified atom stereocenters. The predicted molar refractivity (Wildman–Crippen MR) is 55.2 cm³/mol. The first kappa shape index (κ1) is 12.0. The first-order valence-corrected chi connectivity index (χ1v) is 5.04. The summed E-state index contributed by atoms with van der Waals surface area (Å²) in [6.45, 7) is 1.33. The van der Waals surface area contributed by atoms with Gasteiger partial charge in [0.1, 0.15) is 5.41 Å². The van der Waals surface area contributed by atoms with E-state index in [2.05, 4.69) is 10.1 Å².